The Morgan fingerprint density at radius 2 is 2.12 bits per heavy atom. The topological polar surface area (TPSA) is 32.7 Å². The molecule has 0 aliphatic carbocycles. The van der Waals surface area contributed by atoms with Gasteiger partial charge in [-0.25, -0.2) is 0 Å². The highest BCUT2D eigenvalue weighted by atomic mass is 32.1. The van der Waals surface area contributed by atoms with Crippen LogP contribution in [0.25, 0.3) is 0 Å². The average Bonchev–Trinajstić information content (AvgIpc) is 2.78. The minimum atomic E-state index is -0.426. The molecule has 0 saturated heterocycles. The van der Waals surface area contributed by atoms with E-state index in [-0.39, 0.29) is 6.10 Å². The van der Waals surface area contributed by atoms with Crippen LogP contribution in [0, 0.1) is 0 Å². The predicted octanol–water partition coefficient (Wildman–Crippen LogP) is 2.53. The van der Waals surface area contributed by atoms with Crippen molar-refractivity contribution in [2.24, 2.45) is 0 Å². The first-order chi connectivity index (χ1) is 8.00. The Morgan fingerprint density at radius 3 is 2.65 bits per heavy atom. The first-order valence-corrected chi connectivity index (χ1v) is 6.92. The van der Waals surface area contributed by atoms with Gasteiger partial charge in [0.05, 0.1) is 18.8 Å². The van der Waals surface area contributed by atoms with Gasteiger partial charge in [0, 0.05) is 17.5 Å². The summed E-state index contributed by atoms with van der Waals surface area (Å²) in [5.41, 5.74) is 0. The molecule has 0 spiro atoms. The molecule has 0 radical (unpaired) electrons. The third kappa shape index (κ3) is 5.17. The van der Waals surface area contributed by atoms with Crippen LogP contribution in [0.15, 0.2) is 17.5 Å². The van der Waals surface area contributed by atoms with Gasteiger partial charge in [-0.1, -0.05) is 6.07 Å². The second kappa shape index (κ2) is 7.11. The largest absolute Gasteiger partial charge is 0.389 e. The van der Waals surface area contributed by atoms with Crippen LogP contribution < -0.4 is 0 Å². The lowest BCUT2D eigenvalue weighted by atomic mass is 10.2. The summed E-state index contributed by atoms with van der Waals surface area (Å²) in [6.45, 7) is 7.14. The van der Waals surface area contributed by atoms with Crippen LogP contribution in [0.1, 0.15) is 31.7 Å². The highest BCUT2D eigenvalue weighted by molar-refractivity contribution is 7.10. The first kappa shape index (κ1) is 14.6. The van der Waals surface area contributed by atoms with E-state index < -0.39 is 6.10 Å². The number of rotatable bonds is 7. The zero-order chi connectivity index (χ0) is 12.8. The van der Waals surface area contributed by atoms with Crippen LogP contribution in [0.2, 0.25) is 0 Å². The van der Waals surface area contributed by atoms with Crippen LogP contribution in [0.3, 0.4) is 0 Å². The zero-order valence-corrected chi connectivity index (χ0v) is 11.9. The Kier molecular flexibility index (Phi) is 6.12. The molecule has 0 saturated carbocycles. The molecule has 4 heteroatoms. The van der Waals surface area contributed by atoms with Crippen LogP contribution in [-0.4, -0.2) is 42.4 Å². The van der Waals surface area contributed by atoms with Gasteiger partial charge in [0.25, 0.3) is 0 Å². The van der Waals surface area contributed by atoms with Crippen molar-refractivity contribution < 1.29 is 9.84 Å². The third-order valence-corrected chi connectivity index (χ3v) is 3.78. The number of aliphatic hydroxyl groups is 1. The Morgan fingerprint density at radius 1 is 1.41 bits per heavy atom. The van der Waals surface area contributed by atoms with Crippen molar-refractivity contribution in [3.05, 3.63) is 22.4 Å². The lowest BCUT2D eigenvalue weighted by Crippen LogP contribution is -2.34. The summed E-state index contributed by atoms with van der Waals surface area (Å²) in [4.78, 5) is 3.48. The van der Waals surface area contributed by atoms with Crippen molar-refractivity contribution in [2.75, 3.05) is 20.2 Å². The van der Waals surface area contributed by atoms with E-state index in [0.29, 0.717) is 19.2 Å². The molecule has 0 aromatic carbocycles. The molecule has 2 atom stereocenters. The SMILES string of the molecule is CC(C)OCC(O)CN(C)C(C)c1cccs1. The van der Waals surface area contributed by atoms with Crippen molar-refractivity contribution in [3.63, 3.8) is 0 Å². The van der Waals surface area contributed by atoms with E-state index in [9.17, 15) is 5.11 Å². The van der Waals surface area contributed by atoms with Gasteiger partial charge < -0.3 is 9.84 Å². The second-order valence-electron chi connectivity index (χ2n) is 4.67. The summed E-state index contributed by atoms with van der Waals surface area (Å²) in [5.74, 6) is 0. The quantitative estimate of drug-likeness (QED) is 0.815. The summed E-state index contributed by atoms with van der Waals surface area (Å²) in [6, 6.07) is 4.52. The fourth-order valence-corrected chi connectivity index (χ4v) is 2.44. The maximum atomic E-state index is 9.85. The molecule has 1 aromatic heterocycles. The Hall–Kier alpha value is -0.420. The average molecular weight is 257 g/mol. The van der Waals surface area contributed by atoms with Crippen molar-refractivity contribution in [1.29, 1.82) is 0 Å². The van der Waals surface area contributed by atoms with E-state index in [2.05, 4.69) is 29.3 Å². The van der Waals surface area contributed by atoms with E-state index in [1.165, 1.54) is 4.88 Å². The molecule has 98 valence electrons. The molecule has 1 aromatic rings. The Bertz CT molecular complexity index is 300. The summed E-state index contributed by atoms with van der Waals surface area (Å²) >= 11 is 1.75. The predicted molar refractivity (Wildman–Crippen MR) is 72.5 cm³/mol. The molecule has 0 fully saturated rings. The van der Waals surface area contributed by atoms with Crippen molar-refractivity contribution in [3.8, 4) is 0 Å². The molecule has 2 unspecified atom stereocenters. The summed E-state index contributed by atoms with van der Waals surface area (Å²) in [6.07, 6.45) is -0.255. The second-order valence-corrected chi connectivity index (χ2v) is 5.65. The van der Waals surface area contributed by atoms with Crippen LogP contribution in [-0.2, 0) is 4.74 Å². The Balaban J connectivity index is 2.35. The van der Waals surface area contributed by atoms with Gasteiger partial charge in [-0.15, -0.1) is 11.3 Å². The zero-order valence-electron chi connectivity index (χ0n) is 11.1. The van der Waals surface area contributed by atoms with E-state index in [1.54, 1.807) is 11.3 Å². The normalized spacial score (nSPS) is 15.5. The molecular formula is C13H23NO2S. The van der Waals surface area contributed by atoms with Crippen LogP contribution in [0.5, 0.6) is 0 Å². The number of nitrogens with zero attached hydrogens (tertiary/aromatic N) is 1. The molecule has 1 N–H and O–H groups in total. The smallest absolute Gasteiger partial charge is 0.0900 e. The van der Waals surface area contributed by atoms with Crippen LogP contribution >= 0.6 is 11.3 Å². The molecule has 0 bridgehead atoms. The summed E-state index contributed by atoms with van der Waals surface area (Å²) < 4.78 is 5.40. The number of aliphatic hydroxyl groups excluding tert-OH is 1. The molecule has 0 amide bonds. The van der Waals surface area contributed by atoms with Crippen molar-refractivity contribution >= 4 is 11.3 Å². The van der Waals surface area contributed by atoms with Crippen molar-refractivity contribution in [2.45, 2.75) is 39.0 Å². The number of ether oxygens (including phenoxy) is 1. The first-order valence-electron chi connectivity index (χ1n) is 6.04. The Labute approximate surface area is 108 Å². The maximum Gasteiger partial charge on any atom is 0.0900 e. The van der Waals surface area contributed by atoms with Gasteiger partial charge >= 0.3 is 0 Å². The van der Waals surface area contributed by atoms with Gasteiger partial charge in [-0.3, -0.25) is 4.90 Å². The van der Waals surface area contributed by atoms with Crippen LogP contribution in [0.4, 0.5) is 0 Å². The minimum Gasteiger partial charge on any atom is -0.389 e. The fourth-order valence-electron chi connectivity index (χ4n) is 1.59. The highest BCUT2D eigenvalue weighted by Gasteiger charge is 2.16. The molecule has 1 heterocycles. The van der Waals surface area contributed by atoms with Crippen molar-refractivity contribution in [1.82, 2.24) is 4.90 Å². The fraction of sp³-hybridized carbons (Fsp3) is 0.692. The number of hydrogen-bond acceptors (Lipinski definition) is 4. The molecule has 0 aliphatic rings. The van der Waals surface area contributed by atoms with Gasteiger partial charge in [-0.2, -0.15) is 0 Å². The number of thiophene rings is 1. The lowest BCUT2D eigenvalue weighted by molar-refractivity contribution is -0.00934. The van der Waals surface area contributed by atoms with E-state index in [1.807, 2.05) is 20.9 Å². The molecule has 3 nitrogen and oxygen atoms in total. The molecule has 0 aliphatic heterocycles. The third-order valence-electron chi connectivity index (χ3n) is 2.74. The van der Waals surface area contributed by atoms with E-state index >= 15 is 0 Å². The standard InChI is InChI=1S/C13H23NO2S/c1-10(2)16-9-12(15)8-14(4)11(3)13-6-5-7-17-13/h5-7,10-12,15H,8-9H2,1-4H3. The van der Waals surface area contributed by atoms with E-state index in [0.717, 1.165) is 0 Å². The number of likely N-dealkylation sites (N-methyl/N-ethyl adjacent to an activating group) is 1. The molecule has 17 heavy (non-hydrogen) atoms. The monoisotopic (exact) mass is 257 g/mol. The van der Waals surface area contributed by atoms with E-state index in [4.69, 9.17) is 4.74 Å². The minimum absolute atomic E-state index is 0.171. The summed E-state index contributed by atoms with van der Waals surface area (Å²) in [5, 5.41) is 11.9. The van der Waals surface area contributed by atoms with Gasteiger partial charge in [0.2, 0.25) is 0 Å². The maximum absolute atomic E-state index is 9.85. The number of hydrogen-bond donors (Lipinski definition) is 1. The highest BCUT2D eigenvalue weighted by Crippen LogP contribution is 2.23. The van der Waals surface area contributed by atoms with Gasteiger partial charge in [0.15, 0.2) is 0 Å². The van der Waals surface area contributed by atoms with Gasteiger partial charge in [0.1, 0.15) is 0 Å². The molecular weight excluding hydrogens is 234 g/mol. The lowest BCUT2D eigenvalue weighted by Gasteiger charge is -2.26. The molecule has 1 rings (SSSR count). The van der Waals surface area contributed by atoms with Gasteiger partial charge in [-0.05, 0) is 39.3 Å². The summed E-state index contributed by atoms with van der Waals surface area (Å²) in [7, 11) is 2.03.